The van der Waals surface area contributed by atoms with E-state index in [0.29, 0.717) is 5.89 Å². The molecule has 2 aromatic heterocycles. The maximum absolute atomic E-state index is 6.21. The molecule has 0 saturated carbocycles. The number of benzene rings is 1. The van der Waals surface area contributed by atoms with Crippen molar-refractivity contribution in [2.75, 3.05) is 13.1 Å². The minimum absolute atomic E-state index is 0.263. The second-order valence-corrected chi connectivity index (χ2v) is 5.62. The molecule has 1 aliphatic rings. The Labute approximate surface area is 128 Å². The Bertz CT molecular complexity index is 730. The minimum atomic E-state index is 0.263. The van der Waals surface area contributed by atoms with Crippen molar-refractivity contribution in [1.29, 1.82) is 0 Å². The number of ether oxygens (including phenoxy) is 1. The van der Waals surface area contributed by atoms with Gasteiger partial charge in [0.1, 0.15) is 11.9 Å². The lowest BCUT2D eigenvalue weighted by Crippen LogP contribution is -2.37. The first-order valence-corrected chi connectivity index (χ1v) is 7.59. The summed E-state index contributed by atoms with van der Waals surface area (Å²) in [7, 11) is 0. The van der Waals surface area contributed by atoms with Gasteiger partial charge in [-0.3, -0.25) is 4.90 Å². The molecule has 0 radical (unpaired) electrons. The van der Waals surface area contributed by atoms with Crippen LogP contribution in [0.15, 0.2) is 41.3 Å². The van der Waals surface area contributed by atoms with Crippen molar-refractivity contribution in [3.63, 3.8) is 0 Å². The van der Waals surface area contributed by atoms with E-state index in [9.17, 15) is 0 Å². The molecule has 6 heteroatoms. The zero-order chi connectivity index (χ0) is 14.8. The van der Waals surface area contributed by atoms with Crippen LogP contribution in [0.25, 0.3) is 10.9 Å². The molecule has 1 aliphatic heterocycles. The molecule has 3 aromatic rings. The number of nitrogens with one attached hydrogen (secondary N) is 1. The predicted molar refractivity (Wildman–Crippen MR) is 81.5 cm³/mol. The molecule has 114 valence electrons. The van der Waals surface area contributed by atoms with Crippen molar-refractivity contribution >= 4 is 10.9 Å². The van der Waals surface area contributed by atoms with Crippen LogP contribution in [0.1, 0.15) is 18.7 Å². The van der Waals surface area contributed by atoms with Crippen molar-refractivity contribution in [2.24, 2.45) is 0 Å². The van der Waals surface area contributed by atoms with Crippen molar-refractivity contribution in [3.05, 3.63) is 42.7 Å². The highest BCUT2D eigenvalue weighted by Crippen LogP contribution is 2.27. The van der Waals surface area contributed by atoms with E-state index in [1.807, 2.05) is 18.3 Å². The lowest BCUT2D eigenvalue weighted by molar-refractivity contribution is 0.0915. The van der Waals surface area contributed by atoms with Gasteiger partial charge in [-0.2, -0.15) is 4.98 Å². The number of likely N-dealkylation sites (tertiary alicyclic amines) is 1. The van der Waals surface area contributed by atoms with Gasteiger partial charge in [-0.1, -0.05) is 11.2 Å². The number of aromatic amines is 1. The SMILES string of the molecule is c1cc(OC2CCN(Cc3ncno3)CC2)c2cc[nH]c2c1. The largest absolute Gasteiger partial charge is 0.490 e. The maximum Gasteiger partial charge on any atom is 0.240 e. The second-order valence-electron chi connectivity index (χ2n) is 5.62. The number of H-pyrrole nitrogens is 1. The quantitative estimate of drug-likeness (QED) is 0.802. The van der Waals surface area contributed by atoms with Gasteiger partial charge >= 0.3 is 0 Å². The van der Waals surface area contributed by atoms with Gasteiger partial charge in [0.05, 0.1) is 6.54 Å². The van der Waals surface area contributed by atoms with Gasteiger partial charge in [0.25, 0.3) is 0 Å². The maximum atomic E-state index is 6.21. The molecule has 1 aromatic carbocycles. The molecule has 0 atom stereocenters. The van der Waals surface area contributed by atoms with E-state index in [1.165, 1.54) is 6.33 Å². The third-order valence-corrected chi connectivity index (χ3v) is 4.15. The summed E-state index contributed by atoms with van der Waals surface area (Å²) >= 11 is 0. The van der Waals surface area contributed by atoms with Gasteiger partial charge in [0, 0.05) is 30.2 Å². The molecule has 4 rings (SSSR count). The monoisotopic (exact) mass is 298 g/mol. The van der Waals surface area contributed by atoms with E-state index in [0.717, 1.165) is 49.1 Å². The molecule has 0 amide bonds. The number of hydrogen-bond acceptors (Lipinski definition) is 5. The Morgan fingerprint density at radius 1 is 1.27 bits per heavy atom. The lowest BCUT2D eigenvalue weighted by atomic mass is 10.1. The van der Waals surface area contributed by atoms with Gasteiger partial charge in [-0.15, -0.1) is 0 Å². The molecule has 0 bridgehead atoms. The minimum Gasteiger partial charge on any atom is -0.490 e. The Balaban J connectivity index is 1.37. The first-order valence-electron chi connectivity index (χ1n) is 7.59. The van der Waals surface area contributed by atoms with E-state index < -0.39 is 0 Å². The normalized spacial score (nSPS) is 17.1. The molecule has 6 nitrogen and oxygen atoms in total. The average Bonchev–Trinajstić information content (AvgIpc) is 3.21. The van der Waals surface area contributed by atoms with E-state index >= 15 is 0 Å². The van der Waals surface area contributed by atoms with Crippen molar-refractivity contribution < 1.29 is 9.26 Å². The fourth-order valence-electron chi connectivity index (χ4n) is 2.98. The van der Waals surface area contributed by atoms with Gasteiger partial charge in [-0.25, -0.2) is 0 Å². The van der Waals surface area contributed by atoms with Crippen LogP contribution in [-0.4, -0.2) is 39.2 Å². The highest BCUT2D eigenvalue weighted by molar-refractivity contribution is 5.85. The molecule has 1 N–H and O–H groups in total. The summed E-state index contributed by atoms with van der Waals surface area (Å²) in [5, 5.41) is 4.79. The van der Waals surface area contributed by atoms with Gasteiger partial charge < -0.3 is 14.2 Å². The standard InChI is InChI=1S/C16H18N4O2/c1-2-14-13(4-7-17-14)15(3-1)21-12-5-8-20(9-6-12)10-16-18-11-19-22-16/h1-4,7,11-12,17H,5-6,8-10H2. The number of rotatable bonds is 4. The smallest absolute Gasteiger partial charge is 0.240 e. The van der Waals surface area contributed by atoms with Crippen LogP contribution in [0.4, 0.5) is 0 Å². The molecule has 1 saturated heterocycles. The van der Waals surface area contributed by atoms with Gasteiger partial charge in [-0.05, 0) is 31.0 Å². The molecular weight excluding hydrogens is 280 g/mol. The molecule has 0 unspecified atom stereocenters. The topological polar surface area (TPSA) is 67.2 Å². The number of piperidine rings is 1. The molecule has 0 aliphatic carbocycles. The Hall–Kier alpha value is -2.34. The molecule has 3 heterocycles. The average molecular weight is 298 g/mol. The van der Waals surface area contributed by atoms with E-state index in [-0.39, 0.29) is 6.10 Å². The highest BCUT2D eigenvalue weighted by Gasteiger charge is 2.22. The van der Waals surface area contributed by atoms with Crippen molar-refractivity contribution in [1.82, 2.24) is 20.0 Å². The molecule has 1 fully saturated rings. The molecule has 0 spiro atoms. The summed E-state index contributed by atoms with van der Waals surface area (Å²) in [6, 6.07) is 8.20. The van der Waals surface area contributed by atoms with Crippen LogP contribution < -0.4 is 4.74 Å². The summed E-state index contributed by atoms with van der Waals surface area (Å²) in [6.45, 7) is 2.69. The zero-order valence-electron chi connectivity index (χ0n) is 12.2. The number of aromatic nitrogens is 3. The van der Waals surface area contributed by atoms with Crippen LogP contribution in [0.2, 0.25) is 0 Å². The van der Waals surface area contributed by atoms with E-state index in [1.54, 1.807) is 0 Å². The predicted octanol–water partition coefficient (Wildman–Crippen LogP) is 2.59. The Kier molecular flexibility index (Phi) is 3.52. The Morgan fingerprint density at radius 2 is 2.18 bits per heavy atom. The van der Waals surface area contributed by atoms with Crippen molar-refractivity contribution in [3.8, 4) is 5.75 Å². The summed E-state index contributed by atoms with van der Waals surface area (Å²) in [5.41, 5.74) is 1.12. The third-order valence-electron chi connectivity index (χ3n) is 4.15. The van der Waals surface area contributed by atoms with Crippen LogP contribution in [-0.2, 0) is 6.54 Å². The van der Waals surface area contributed by atoms with Crippen LogP contribution in [0, 0.1) is 0 Å². The fraction of sp³-hybridized carbons (Fsp3) is 0.375. The zero-order valence-corrected chi connectivity index (χ0v) is 12.2. The summed E-state index contributed by atoms with van der Waals surface area (Å²) in [5.74, 6) is 1.64. The fourth-order valence-corrected chi connectivity index (χ4v) is 2.98. The number of hydrogen-bond donors (Lipinski definition) is 1. The molecular formula is C16H18N4O2. The van der Waals surface area contributed by atoms with Crippen LogP contribution >= 0.6 is 0 Å². The summed E-state index contributed by atoms with van der Waals surface area (Å²) in [4.78, 5) is 9.61. The third kappa shape index (κ3) is 2.69. The summed E-state index contributed by atoms with van der Waals surface area (Å²) < 4.78 is 11.3. The molecule has 22 heavy (non-hydrogen) atoms. The van der Waals surface area contributed by atoms with E-state index in [2.05, 4.69) is 32.2 Å². The first-order chi connectivity index (χ1) is 10.9. The van der Waals surface area contributed by atoms with Crippen LogP contribution in [0.5, 0.6) is 5.75 Å². The van der Waals surface area contributed by atoms with Gasteiger partial charge in [0.2, 0.25) is 5.89 Å². The Morgan fingerprint density at radius 3 is 3.00 bits per heavy atom. The number of nitrogens with zero attached hydrogens (tertiary/aromatic N) is 3. The van der Waals surface area contributed by atoms with Gasteiger partial charge in [0.15, 0.2) is 6.33 Å². The van der Waals surface area contributed by atoms with Crippen molar-refractivity contribution in [2.45, 2.75) is 25.5 Å². The highest BCUT2D eigenvalue weighted by atomic mass is 16.5. The van der Waals surface area contributed by atoms with Crippen LogP contribution in [0.3, 0.4) is 0 Å². The second kappa shape index (κ2) is 5.81. The lowest BCUT2D eigenvalue weighted by Gasteiger charge is -2.31. The first kappa shape index (κ1) is 13.3. The van der Waals surface area contributed by atoms with E-state index in [4.69, 9.17) is 9.26 Å². The number of fused-ring (bicyclic) bond motifs is 1. The summed E-state index contributed by atoms with van der Waals surface area (Å²) in [6.07, 6.45) is 5.68.